The van der Waals surface area contributed by atoms with Crippen LogP contribution in [-0.2, 0) is 0 Å². The first-order valence-corrected chi connectivity index (χ1v) is 5.35. The zero-order chi connectivity index (χ0) is 14.6. The molecule has 0 spiro atoms. The molecule has 8 heteroatoms. The second-order valence-corrected chi connectivity index (χ2v) is 3.86. The van der Waals surface area contributed by atoms with Crippen molar-refractivity contribution in [3.05, 3.63) is 23.3 Å². The molecular formula is C11H15N3O5. The Balaban J connectivity index is 3.07. The molecule has 0 unspecified atom stereocenters. The molecule has 0 radical (unpaired) electrons. The van der Waals surface area contributed by atoms with Gasteiger partial charge in [-0.2, -0.15) is 0 Å². The number of carbonyl (C=O) groups is 2. The van der Waals surface area contributed by atoms with Gasteiger partial charge in [-0.3, -0.25) is 9.59 Å². The Morgan fingerprint density at radius 2 is 1.84 bits per heavy atom. The standard InChI is InChI=1S/C11H15N3O5/c12-8-2-5(1-7(9(8)17)10(13)18)11(19)14-6(3-15)4-16/h1-2,6,15-17H,3-4,12H2,(H2,13,18)(H,14,19). The van der Waals surface area contributed by atoms with Crippen LogP contribution in [0.3, 0.4) is 0 Å². The van der Waals surface area contributed by atoms with E-state index in [1.165, 1.54) is 0 Å². The maximum atomic E-state index is 11.8. The van der Waals surface area contributed by atoms with Gasteiger partial charge in [0.25, 0.3) is 11.8 Å². The minimum atomic E-state index is -0.931. The summed E-state index contributed by atoms with van der Waals surface area (Å²) in [6.45, 7) is -0.892. The predicted octanol–water partition coefficient (Wildman–Crippen LogP) is -1.84. The lowest BCUT2D eigenvalue weighted by atomic mass is 10.1. The lowest BCUT2D eigenvalue weighted by Crippen LogP contribution is -2.40. The largest absolute Gasteiger partial charge is 0.505 e. The third-order valence-corrected chi connectivity index (χ3v) is 2.44. The third kappa shape index (κ3) is 3.33. The molecule has 0 saturated heterocycles. The van der Waals surface area contributed by atoms with Crippen LogP contribution in [0.4, 0.5) is 5.69 Å². The number of amides is 2. The minimum absolute atomic E-state index is 0.0176. The predicted molar refractivity (Wildman–Crippen MR) is 66.5 cm³/mol. The van der Waals surface area contributed by atoms with Gasteiger partial charge in [0.15, 0.2) is 5.75 Å². The minimum Gasteiger partial charge on any atom is -0.505 e. The van der Waals surface area contributed by atoms with Crippen LogP contribution in [0.5, 0.6) is 5.75 Å². The molecule has 8 N–H and O–H groups in total. The van der Waals surface area contributed by atoms with Crippen molar-refractivity contribution in [1.82, 2.24) is 5.32 Å². The summed E-state index contributed by atoms with van der Waals surface area (Å²) in [6, 6.07) is 1.40. The van der Waals surface area contributed by atoms with Crippen molar-refractivity contribution < 1.29 is 24.9 Å². The quantitative estimate of drug-likeness (QED) is 0.272. The molecule has 0 aliphatic carbocycles. The summed E-state index contributed by atoms with van der Waals surface area (Å²) in [4.78, 5) is 22.9. The highest BCUT2D eigenvalue weighted by atomic mass is 16.3. The van der Waals surface area contributed by atoms with Gasteiger partial charge in [-0.1, -0.05) is 0 Å². The number of anilines is 1. The molecule has 19 heavy (non-hydrogen) atoms. The summed E-state index contributed by atoms with van der Waals surface area (Å²) in [5.74, 6) is -2.09. The number of hydrogen-bond donors (Lipinski definition) is 6. The molecule has 0 heterocycles. The smallest absolute Gasteiger partial charge is 0.252 e. The van der Waals surface area contributed by atoms with Crippen molar-refractivity contribution in [3.8, 4) is 5.75 Å². The van der Waals surface area contributed by atoms with Crippen LogP contribution in [0.25, 0.3) is 0 Å². The van der Waals surface area contributed by atoms with Gasteiger partial charge >= 0.3 is 0 Å². The van der Waals surface area contributed by atoms with E-state index in [2.05, 4.69) is 5.32 Å². The highest BCUT2D eigenvalue weighted by molar-refractivity contribution is 6.02. The first kappa shape index (κ1) is 14.7. The number of primary amides is 1. The normalized spacial score (nSPS) is 10.5. The van der Waals surface area contributed by atoms with Crippen LogP contribution >= 0.6 is 0 Å². The molecular weight excluding hydrogens is 254 g/mol. The maximum absolute atomic E-state index is 11.8. The zero-order valence-electron chi connectivity index (χ0n) is 9.96. The molecule has 1 aromatic carbocycles. The number of nitrogens with two attached hydrogens (primary N) is 2. The van der Waals surface area contributed by atoms with E-state index in [-0.39, 0.29) is 16.8 Å². The average Bonchev–Trinajstić information content (AvgIpc) is 2.38. The molecule has 0 aliphatic rings. The molecule has 1 rings (SSSR count). The molecule has 1 aromatic rings. The Labute approximate surface area is 108 Å². The number of nitrogen functional groups attached to an aromatic ring is 1. The first-order chi connectivity index (χ1) is 8.90. The SMILES string of the molecule is NC(=O)c1cc(C(=O)NC(CO)CO)cc(N)c1O. The monoisotopic (exact) mass is 269 g/mol. The molecule has 104 valence electrons. The summed E-state index contributed by atoms with van der Waals surface area (Å²) in [7, 11) is 0. The van der Waals surface area contributed by atoms with E-state index >= 15 is 0 Å². The number of rotatable bonds is 5. The molecule has 0 atom stereocenters. The van der Waals surface area contributed by atoms with Crippen molar-refractivity contribution >= 4 is 17.5 Å². The maximum Gasteiger partial charge on any atom is 0.252 e. The van der Waals surface area contributed by atoms with E-state index < -0.39 is 36.8 Å². The van der Waals surface area contributed by atoms with Crippen LogP contribution in [0.2, 0.25) is 0 Å². The molecule has 2 amide bonds. The van der Waals surface area contributed by atoms with Gasteiger partial charge in [-0.15, -0.1) is 0 Å². The van der Waals surface area contributed by atoms with Crippen molar-refractivity contribution in [1.29, 1.82) is 0 Å². The molecule has 0 aromatic heterocycles. The lowest BCUT2D eigenvalue weighted by molar-refractivity contribution is 0.0879. The number of carbonyl (C=O) groups excluding carboxylic acids is 2. The van der Waals surface area contributed by atoms with E-state index in [9.17, 15) is 14.7 Å². The van der Waals surface area contributed by atoms with Crippen LogP contribution in [-0.4, -0.2) is 46.4 Å². The van der Waals surface area contributed by atoms with Crippen molar-refractivity contribution in [3.63, 3.8) is 0 Å². The Morgan fingerprint density at radius 3 is 2.32 bits per heavy atom. The van der Waals surface area contributed by atoms with Gasteiger partial charge in [0.1, 0.15) is 0 Å². The van der Waals surface area contributed by atoms with Crippen molar-refractivity contribution in [2.24, 2.45) is 5.73 Å². The summed E-state index contributed by atoms with van der Waals surface area (Å²) >= 11 is 0. The molecule has 0 aliphatic heterocycles. The van der Waals surface area contributed by atoms with Gasteiger partial charge in [0, 0.05) is 5.56 Å². The van der Waals surface area contributed by atoms with E-state index in [0.29, 0.717) is 0 Å². The number of aliphatic hydroxyl groups is 2. The van der Waals surface area contributed by atoms with E-state index in [1.807, 2.05) is 0 Å². The number of hydrogen-bond acceptors (Lipinski definition) is 6. The van der Waals surface area contributed by atoms with Crippen molar-refractivity contribution in [2.45, 2.75) is 6.04 Å². The molecule has 0 fully saturated rings. The fraction of sp³-hybridized carbons (Fsp3) is 0.273. The summed E-state index contributed by atoms with van der Waals surface area (Å²) < 4.78 is 0. The number of phenols is 1. The van der Waals surface area contributed by atoms with Crippen LogP contribution in [0.1, 0.15) is 20.7 Å². The highest BCUT2D eigenvalue weighted by Gasteiger charge is 2.18. The topological polar surface area (TPSA) is 159 Å². The number of aromatic hydroxyl groups is 1. The first-order valence-electron chi connectivity index (χ1n) is 5.35. The van der Waals surface area contributed by atoms with E-state index in [0.717, 1.165) is 12.1 Å². The Morgan fingerprint density at radius 1 is 1.26 bits per heavy atom. The molecule has 8 nitrogen and oxygen atoms in total. The Hall–Kier alpha value is -2.32. The second kappa shape index (κ2) is 6.03. The van der Waals surface area contributed by atoms with Crippen LogP contribution in [0, 0.1) is 0 Å². The Kier molecular flexibility index (Phi) is 4.67. The molecule has 0 bridgehead atoms. The summed E-state index contributed by atoms with van der Waals surface area (Å²) in [5.41, 5.74) is 10.0. The number of aliphatic hydroxyl groups excluding tert-OH is 2. The highest BCUT2D eigenvalue weighted by Crippen LogP contribution is 2.26. The number of benzene rings is 1. The zero-order valence-corrected chi connectivity index (χ0v) is 9.96. The average molecular weight is 269 g/mol. The fourth-order valence-electron chi connectivity index (χ4n) is 1.39. The fourth-order valence-corrected chi connectivity index (χ4v) is 1.39. The van der Waals surface area contributed by atoms with Crippen molar-refractivity contribution in [2.75, 3.05) is 18.9 Å². The molecule has 0 saturated carbocycles. The second-order valence-electron chi connectivity index (χ2n) is 3.86. The van der Waals surface area contributed by atoms with Gasteiger partial charge in [-0.05, 0) is 12.1 Å². The van der Waals surface area contributed by atoms with Crippen LogP contribution < -0.4 is 16.8 Å². The summed E-state index contributed by atoms with van der Waals surface area (Å²) in [6.07, 6.45) is 0. The van der Waals surface area contributed by atoms with Crippen LogP contribution in [0.15, 0.2) is 12.1 Å². The van der Waals surface area contributed by atoms with Gasteiger partial charge in [0.05, 0.1) is 30.5 Å². The Bertz CT molecular complexity index is 499. The van der Waals surface area contributed by atoms with Gasteiger partial charge < -0.3 is 32.1 Å². The number of nitrogens with one attached hydrogen (secondary N) is 1. The third-order valence-electron chi connectivity index (χ3n) is 2.44. The van der Waals surface area contributed by atoms with Gasteiger partial charge in [-0.25, -0.2) is 0 Å². The lowest BCUT2D eigenvalue weighted by Gasteiger charge is -2.14. The van der Waals surface area contributed by atoms with E-state index in [1.54, 1.807) is 0 Å². The van der Waals surface area contributed by atoms with Gasteiger partial charge in [0.2, 0.25) is 0 Å². The van der Waals surface area contributed by atoms with E-state index in [4.69, 9.17) is 21.7 Å². The summed E-state index contributed by atoms with van der Waals surface area (Å²) in [5, 5.41) is 29.5.